The van der Waals surface area contributed by atoms with Crippen LogP contribution in [0.2, 0.25) is 0 Å². The number of aromatic nitrogens is 1. The van der Waals surface area contributed by atoms with Gasteiger partial charge < -0.3 is 10.2 Å². The minimum absolute atomic E-state index is 0.0812. The number of carbonyl (C=O) groups excluding carboxylic acids is 1. The Balaban J connectivity index is 2.29. The first-order valence-electron chi connectivity index (χ1n) is 7.16. The Morgan fingerprint density at radius 1 is 1.27 bits per heavy atom. The minimum Gasteiger partial charge on any atom is -0.507 e. The average Bonchev–Trinajstić information content (AvgIpc) is 2.49. The molecule has 22 heavy (non-hydrogen) atoms. The number of carbonyl (C=O) groups is 1. The fourth-order valence-electron chi connectivity index (χ4n) is 2.27. The number of thioether (sulfide) groups is 1. The van der Waals surface area contributed by atoms with Crippen molar-refractivity contribution in [2.45, 2.75) is 37.5 Å². The molecule has 0 saturated heterocycles. The second-order valence-corrected chi connectivity index (χ2v) is 5.99. The molecule has 0 unspecified atom stereocenters. The summed E-state index contributed by atoms with van der Waals surface area (Å²) in [7, 11) is 0. The molecule has 5 heteroatoms. The lowest BCUT2D eigenvalue weighted by Crippen LogP contribution is -2.00. The predicted molar refractivity (Wildman–Crippen MR) is 87.6 cm³/mol. The van der Waals surface area contributed by atoms with Crippen molar-refractivity contribution in [1.82, 2.24) is 4.98 Å². The van der Waals surface area contributed by atoms with Crippen LogP contribution in [0.15, 0.2) is 35.5 Å². The fourth-order valence-corrected chi connectivity index (χ4v) is 3.18. The fraction of sp³-hybridized carbons (Fsp3) is 0.294. The second-order valence-electron chi connectivity index (χ2n) is 5.02. The van der Waals surface area contributed by atoms with Crippen molar-refractivity contribution in [2.24, 2.45) is 0 Å². The highest BCUT2D eigenvalue weighted by Crippen LogP contribution is 2.33. The van der Waals surface area contributed by atoms with Crippen LogP contribution in [0.25, 0.3) is 0 Å². The van der Waals surface area contributed by atoms with Crippen LogP contribution in [0, 0.1) is 0 Å². The van der Waals surface area contributed by atoms with Crippen molar-refractivity contribution in [1.29, 1.82) is 0 Å². The lowest BCUT2D eigenvalue weighted by molar-refractivity contribution is 0.101. The van der Waals surface area contributed by atoms with Crippen LogP contribution >= 0.6 is 11.8 Å². The zero-order valence-electron chi connectivity index (χ0n) is 12.7. The average molecular weight is 317 g/mol. The van der Waals surface area contributed by atoms with E-state index in [9.17, 15) is 15.0 Å². The number of rotatable bonds is 6. The van der Waals surface area contributed by atoms with Gasteiger partial charge in [-0.15, -0.1) is 0 Å². The summed E-state index contributed by atoms with van der Waals surface area (Å²) in [6.45, 7) is 3.48. The van der Waals surface area contributed by atoms with Gasteiger partial charge in [0.2, 0.25) is 0 Å². The molecule has 0 saturated carbocycles. The highest BCUT2D eigenvalue weighted by Gasteiger charge is 2.15. The van der Waals surface area contributed by atoms with Gasteiger partial charge in [-0.05, 0) is 42.7 Å². The summed E-state index contributed by atoms with van der Waals surface area (Å²) in [4.78, 5) is 15.7. The number of Topliss-reactive ketones (excluding diaryl/α,β-unsaturated/α-hetero) is 1. The maximum absolute atomic E-state index is 11.5. The third-order valence-corrected chi connectivity index (χ3v) is 4.42. The van der Waals surface area contributed by atoms with Gasteiger partial charge in [0.1, 0.15) is 16.5 Å². The number of hydrogen-bond donors (Lipinski definition) is 2. The number of phenols is 1. The van der Waals surface area contributed by atoms with Gasteiger partial charge in [0.05, 0.1) is 5.56 Å². The van der Waals surface area contributed by atoms with Crippen molar-refractivity contribution < 1.29 is 15.0 Å². The van der Waals surface area contributed by atoms with Crippen LogP contribution < -0.4 is 0 Å². The molecule has 0 bridgehead atoms. The Kier molecular flexibility index (Phi) is 5.44. The van der Waals surface area contributed by atoms with Crippen molar-refractivity contribution in [3.05, 3.63) is 47.2 Å². The van der Waals surface area contributed by atoms with Gasteiger partial charge in [-0.3, -0.25) is 4.79 Å². The second kappa shape index (κ2) is 7.31. The van der Waals surface area contributed by atoms with Crippen LogP contribution in [0.5, 0.6) is 11.5 Å². The first-order chi connectivity index (χ1) is 10.5. The Morgan fingerprint density at radius 2 is 2.05 bits per heavy atom. The summed E-state index contributed by atoms with van der Waals surface area (Å²) in [5.41, 5.74) is 2.12. The largest absolute Gasteiger partial charge is 0.507 e. The molecule has 2 rings (SSSR count). The van der Waals surface area contributed by atoms with E-state index >= 15 is 0 Å². The topological polar surface area (TPSA) is 70.4 Å². The van der Waals surface area contributed by atoms with E-state index in [0.717, 1.165) is 17.5 Å². The molecule has 116 valence electrons. The minimum atomic E-state index is -0.142. The number of benzene rings is 1. The normalized spacial score (nSPS) is 10.6. The van der Waals surface area contributed by atoms with Crippen molar-refractivity contribution in [2.75, 3.05) is 0 Å². The van der Waals surface area contributed by atoms with Crippen molar-refractivity contribution in [3.8, 4) is 11.5 Å². The standard InChI is InChI=1S/C17H19NO3S/c1-3-5-14-12(7-8-13(11(2)19)16(14)21)10-22-17-15(20)6-4-9-18-17/h4,6-9,20-21H,3,5,10H2,1-2H3. The molecule has 0 radical (unpaired) electrons. The highest BCUT2D eigenvalue weighted by atomic mass is 32.2. The highest BCUT2D eigenvalue weighted by molar-refractivity contribution is 7.98. The summed E-state index contributed by atoms with van der Waals surface area (Å²) in [5, 5.41) is 20.6. The van der Waals surface area contributed by atoms with E-state index < -0.39 is 0 Å². The van der Waals surface area contributed by atoms with Gasteiger partial charge in [-0.2, -0.15) is 0 Å². The zero-order chi connectivity index (χ0) is 16.1. The lowest BCUT2D eigenvalue weighted by Gasteiger charge is -2.13. The lowest BCUT2D eigenvalue weighted by atomic mass is 9.98. The molecular formula is C17H19NO3S. The molecule has 2 N–H and O–H groups in total. The van der Waals surface area contributed by atoms with E-state index in [1.807, 2.05) is 13.0 Å². The molecule has 1 aromatic heterocycles. The molecule has 1 aromatic carbocycles. The molecule has 0 aliphatic heterocycles. The zero-order valence-corrected chi connectivity index (χ0v) is 13.5. The van der Waals surface area contributed by atoms with Crippen LogP contribution in [0.3, 0.4) is 0 Å². The van der Waals surface area contributed by atoms with Gasteiger partial charge in [0.25, 0.3) is 0 Å². The summed E-state index contributed by atoms with van der Waals surface area (Å²) in [6, 6.07) is 6.80. The molecule has 0 aliphatic rings. The Labute approximate surface area is 134 Å². The van der Waals surface area contributed by atoms with E-state index in [4.69, 9.17) is 0 Å². The summed E-state index contributed by atoms with van der Waals surface area (Å²) in [6.07, 6.45) is 3.21. The van der Waals surface area contributed by atoms with E-state index in [-0.39, 0.29) is 17.3 Å². The maximum Gasteiger partial charge on any atom is 0.163 e. The third kappa shape index (κ3) is 3.60. The monoisotopic (exact) mass is 317 g/mol. The van der Waals surface area contributed by atoms with E-state index in [1.165, 1.54) is 18.7 Å². The van der Waals surface area contributed by atoms with Crippen LogP contribution in [0.4, 0.5) is 0 Å². The number of aromatic hydroxyl groups is 2. The van der Waals surface area contributed by atoms with E-state index in [2.05, 4.69) is 4.98 Å². The smallest absolute Gasteiger partial charge is 0.163 e. The molecule has 0 spiro atoms. The molecule has 0 atom stereocenters. The number of pyridine rings is 1. The summed E-state index contributed by atoms with van der Waals surface area (Å²) < 4.78 is 0. The quantitative estimate of drug-likeness (QED) is 0.624. The first-order valence-corrected chi connectivity index (χ1v) is 8.14. The SMILES string of the molecule is CCCc1c(CSc2ncccc2O)ccc(C(C)=O)c1O. The molecule has 2 aromatic rings. The number of phenolic OH excluding ortho intramolecular Hbond substituents is 1. The maximum atomic E-state index is 11.5. The predicted octanol–water partition coefficient (Wildman–Crippen LogP) is 3.94. The van der Waals surface area contributed by atoms with Crippen molar-refractivity contribution in [3.63, 3.8) is 0 Å². The molecule has 0 aliphatic carbocycles. The number of ketones is 1. The van der Waals surface area contributed by atoms with Crippen molar-refractivity contribution >= 4 is 17.5 Å². The van der Waals surface area contributed by atoms with Crippen LogP contribution in [0.1, 0.15) is 41.8 Å². The summed E-state index contributed by atoms with van der Waals surface area (Å²) in [5.74, 6) is 0.661. The van der Waals surface area contributed by atoms with Gasteiger partial charge in [-0.1, -0.05) is 31.2 Å². The van der Waals surface area contributed by atoms with Gasteiger partial charge in [-0.25, -0.2) is 4.98 Å². The van der Waals surface area contributed by atoms with E-state index in [1.54, 1.807) is 24.4 Å². The Morgan fingerprint density at radius 3 is 2.68 bits per heavy atom. The Bertz CT molecular complexity index is 686. The molecule has 4 nitrogen and oxygen atoms in total. The third-order valence-electron chi connectivity index (χ3n) is 3.37. The van der Waals surface area contributed by atoms with Gasteiger partial charge in [0.15, 0.2) is 5.78 Å². The first kappa shape index (κ1) is 16.4. The number of hydrogen-bond acceptors (Lipinski definition) is 5. The molecule has 0 fully saturated rings. The van der Waals surface area contributed by atoms with Crippen LogP contribution in [-0.2, 0) is 12.2 Å². The number of nitrogens with zero attached hydrogens (tertiary/aromatic N) is 1. The van der Waals surface area contributed by atoms with E-state index in [0.29, 0.717) is 22.8 Å². The molecule has 0 amide bonds. The molecule has 1 heterocycles. The molecular weight excluding hydrogens is 298 g/mol. The van der Waals surface area contributed by atoms with Crippen LogP contribution in [-0.4, -0.2) is 21.0 Å². The summed E-state index contributed by atoms with van der Waals surface area (Å²) >= 11 is 1.41. The van der Waals surface area contributed by atoms with Gasteiger partial charge in [0, 0.05) is 11.9 Å². The Hall–Kier alpha value is -2.01. The van der Waals surface area contributed by atoms with Gasteiger partial charge >= 0.3 is 0 Å².